The summed E-state index contributed by atoms with van der Waals surface area (Å²) in [5, 5.41) is 1.13. The third-order valence-electron chi connectivity index (χ3n) is 8.32. The molecule has 6 nitrogen and oxygen atoms in total. The van der Waals surface area contributed by atoms with Crippen molar-refractivity contribution in [2.45, 2.75) is 76.4 Å². The normalized spacial score (nSPS) is 23.2. The van der Waals surface area contributed by atoms with Crippen molar-refractivity contribution < 1.29 is 14.3 Å². The maximum atomic E-state index is 14.1. The minimum Gasteiger partial charge on any atom is -0.494 e. The van der Waals surface area contributed by atoms with Crippen LogP contribution in [0.2, 0.25) is 0 Å². The van der Waals surface area contributed by atoms with E-state index in [9.17, 15) is 9.59 Å². The molecule has 3 heterocycles. The minimum atomic E-state index is -0.497. The summed E-state index contributed by atoms with van der Waals surface area (Å²) >= 11 is 0. The molecule has 3 aromatic rings. The van der Waals surface area contributed by atoms with Crippen LogP contribution in [0.3, 0.4) is 0 Å². The molecule has 2 atom stereocenters. The van der Waals surface area contributed by atoms with Crippen LogP contribution in [0.4, 0.5) is 0 Å². The molecular formula is C30H35N3O3. The van der Waals surface area contributed by atoms with E-state index in [4.69, 9.17) is 4.74 Å². The Bertz CT molecular complexity index is 1270. The van der Waals surface area contributed by atoms with Crippen molar-refractivity contribution in [1.29, 1.82) is 0 Å². The molecule has 0 spiro atoms. The minimum absolute atomic E-state index is 0.0299. The predicted octanol–water partition coefficient (Wildman–Crippen LogP) is 5.36. The quantitative estimate of drug-likeness (QED) is 0.541. The highest BCUT2D eigenvalue weighted by molar-refractivity contribution is 5.98. The number of fused-ring (bicyclic) bond motifs is 4. The van der Waals surface area contributed by atoms with Gasteiger partial charge in [-0.1, -0.05) is 68.5 Å². The van der Waals surface area contributed by atoms with Crippen LogP contribution in [0.5, 0.6) is 5.75 Å². The first kappa shape index (κ1) is 23.1. The number of H-pyrrole nitrogens is 1. The Morgan fingerprint density at radius 3 is 2.47 bits per heavy atom. The summed E-state index contributed by atoms with van der Waals surface area (Å²) in [6.45, 7) is 2.68. The lowest BCUT2D eigenvalue weighted by molar-refractivity contribution is -0.161. The number of hydrogen-bond acceptors (Lipinski definition) is 3. The van der Waals surface area contributed by atoms with Crippen LogP contribution < -0.4 is 4.74 Å². The Morgan fingerprint density at radius 1 is 0.944 bits per heavy atom. The van der Waals surface area contributed by atoms with Gasteiger partial charge in [0, 0.05) is 34.6 Å². The largest absolute Gasteiger partial charge is 0.494 e. The van der Waals surface area contributed by atoms with E-state index >= 15 is 0 Å². The fourth-order valence-corrected chi connectivity index (χ4v) is 6.66. The van der Waals surface area contributed by atoms with Crippen molar-refractivity contribution in [1.82, 2.24) is 14.8 Å². The van der Waals surface area contributed by atoms with Gasteiger partial charge < -0.3 is 19.5 Å². The van der Waals surface area contributed by atoms with Gasteiger partial charge in [0.2, 0.25) is 11.8 Å². The molecule has 1 aliphatic carbocycles. The molecular weight excluding hydrogens is 450 g/mol. The van der Waals surface area contributed by atoms with E-state index in [0.717, 1.165) is 59.2 Å². The lowest BCUT2D eigenvalue weighted by atomic mass is 9.85. The Labute approximate surface area is 212 Å². The summed E-state index contributed by atoms with van der Waals surface area (Å²) in [7, 11) is 0. The van der Waals surface area contributed by atoms with Gasteiger partial charge in [0.15, 0.2) is 0 Å². The molecule has 1 aromatic heterocycles. The van der Waals surface area contributed by atoms with E-state index < -0.39 is 6.04 Å². The van der Waals surface area contributed by atoms with Crippen molar-refractivity contribution in [3.8, 4) is 5.75 Å². The molecule has 1 saturated heterocycles. The number of rotatable bonds is 4. The van der Waals surface area contributed by atoms with Gasteiger partial charge in [-0.25, -0.2) is 0 Å². The number of ether oxygens (including phenoxy) is 1. The number of piperazine rings is 1. The number of carbonyl (C=O) groups excluding carboxylic acids is 2. The second-order valence-electron chi connectivity index (χ2n) is 10.4. The van der Waals surface area contributed by atoms with Gasteiger partial charge in [-0.2, -0.15) is 0 Å². The number of nitrogens with one attached hydrogen (secondary N) is 1. The van der Waals surface area contributed by atoms with Crippen molar-refractivity contribution in [2.24, 2.45) is 0 Å². The summed E-state index contributed by atoms with van der Waals surface area (Å²) in [6.07, 6.45) is 8.53. The highest BCUT2D eigenvalue weighted by atomic mass is 16.5. The first-order chi connectivity index (χ1) is 17.7. The number of aromatic amines is 1. The van der Waals surface area contributed by atoms with Crippen LogP contribution >= 0.6 is 0 Å². The second-order valence-corrected chi connectivity index (χ2v) is 10.4. The van der Waals surface area contributed by atoms with Crippen molar-refractivity contribution >= 4 is 22.7 Å². The smallest absolute Gasteiger partial charge is 0.246 e. The third-order valence-corrected chi connectivity index (χ3v) is 8.32. The first-order valence-corrected chi connectivity index (χ1v) is 13.6. The molecule has 6 rings (SSSR count). The zero-order chi connectivity index (χ0) is 24.6. The van der Waals surface area contributed by atoms with Crippen molar-refractivity contribution in [2.75, 3.05) is 13.2 Å². The summed E-state index contributed by atoms with van der Waals surface area (Å²) in [5.41, 5.74) is 4.11. The molecule has 6 heteroatoms. The van der Waals surface area contributed by atoms with Crippen LogP contribution in [0.1, 0.15) is 74.7 Å². The maximum absolute atomic E-state index is 14.1. The molecule has 2 aromatic carbocycles. The number of para-hydroxylation sites is 2. The Morgan fingerprint density at radius 2 is 1.67 bits per heavy atom. The fourth-order valence-electron chi connectivity index (χ4n) is 6.66. The number of hydrogen-bond donors (Lipinski definition) is 1. The molecule has 2 amide bonds. The van der Waals surface area contributed by atoms with E-state index in [-0.39, 0.29) is 30.4 Å². The third kappa shape index (κ3) is 3.87. The SMILES string of the molecule is CCOc1ccccc1C1c2[nH]c3ccccc3c2CC2C(=O)N(C3CCCCCCC3)CC(=O)N21. The molecule has 2 unspecified atom stereocenters. The van der Waals surface area contributed by atoms with Gasteiger partial charge in [-0.15, -0.1) is 0 Å². The van der Waals surface area contributed by atoms with E-state index in [1.165, 1.54) is 19.3 Å². The topological polar surface area (TPSA) is 65.6 Å². The summed E-state index contributed by atoms with van der Waals surface area (Å²) in [4.78, 5) is 35.5. The van der Waals surface area contributed by atoms with E-state index in [1.807, 2.05) is 53.1 Å². The number of nitrogens with zero attached hydrogens (tertiary/aromatic N) is 2. The number of benzene rings is 2. The highest BCUT2D eigenvalue weighted by Crippen LogP contribution is 2.45. The number of amides is 2. The second kappa shape index (κ2) is 9.64. The molecule has 1 saturated carbocycles. The summed E-state index contributed by atoms with van der Waals surface area (Å²) < 4.78 is 6.02. The van der Waals surface area contributed by atoms with Gasteiger partial charge in [0.25, 0.3) is 0 Å². The van der Waals surface area contributed by atoms with Crippen molar-refractivity contribution in [3.05, 3.63) is 65.4 Å². The van der Waals surface area contributed by atoms with Crippen molar-refractivity contribution in [3.63, 3.8) is 0 Å². The highest BCUT2D eigenvalue weighted by Gasteiger charge is 2.49. The summed E-state index contributed by atoms with van der Waals surface area (Å²) in [5.74, 6) is 0.898. The number of carbonyl (C=O) groups is 2. The predicted molar refractivity (Wildman–Crippen MR) is 140 cm³/mol. The fraction of sp³-hybridized carbons (Fsp3) is 0.467. The lowest BCUT2D eigenvalue weighted by Crippen LogP contribution is -2.64. The average molecular weight is 486 g/mol. The van der Waals surface area contributed by atoms with Gasteiger partial charge in [0.05, 0.1) is 6.61 Å². The Kier molecular flexibility index (Phi) is 6.20. The maximum Gasteiger partial charge on any atom is 0.246 e. The van der Waals surface area contributed by atoms with Crippen LogP contribution in [-0.4, -0.2) is 51.8 Å². The van der Waals surface area contributed by atoms with E-state index in [0.29, 0.717) is 13.0 Å². The molecule has 2 fully saturated rings. The van der Waals surface area contributed by atoms with Crippen LogP contribution in [-0.2, 0) is 16.0 Å². The Balaban J connectivity index is 1.46. The zero-order valence-electron chi connectivity index (χ0n) is 21.0. The van der Waals surface area contributed by atoms with E-state index in [1.54, 1.807) is 0 Å². The average Bonchev–Trinajstić information content (AvgIpc) is 3.24. The molecule has 1 N–H and O–H groups in total. The molecule has 188 valence electrons. The number of aromatic nitrogens is 1. The Hall–Kier alpha value is -3.28. The van der Waals surface area contributed by atoms with Gasteiger partial charge >= 0.3 is 0 Å². The standard InChI is InChI=1S/C30H35N3O3/c1-2-36-26-17-11-9-15-22(26)29-28-23(21-14-8-10-16-24(21)31-28)18-25-30(35)32(19-27(34)33(25)29)20-12-6-4-3-5-7-13-20/h8-11,14-17,20,25,29,31H,2-7,12-13,18-19H2,1H3. The molecule has 36 heavy (non-hydrogen) atoms. The molecule has 2 aliphatic heterocycles. The lowest BCUT2D eigenvalue weighted by Gasteiger charge is -2.49. The van der Waals surface area contributed by atoms with Gasteiger partial charge in [-0.05, 0) is 37.5 Å². The van der Waals surface area contributed by atoms with Crippen LogP contribution in [0, 0.1) is 0 Å². The van der Waals surface area contributed by atoms with Crippen LogP contribution in [0.25, 0.3) is 10.9 Å². The molecule has 3 aliphatic rings. The monoisotopic (exact) mass is 485 g/mol. The molecule has 0 radical (unpaired) electrons. The van der Waals surface area contributed by atoms with Gasteiger partial charge in [-0.3, -0.25) is 9.59 Å². The first-order valence-electron chi connectivity index (χ1n) is 13.6. The molecule has 0 bridgehead atoms. The summed E-state index contributed by atoms with van der Waals surface area (Å²) in [6, 6.07) is 15.5. The van der Waals surface area contributed by atoms with E-state index in [2.05, 4.69) is 17.1 Å². The zero-order valence-corrected chi connectivity index (χ0v) is 21.0. The van der Waals surface area contributed by atoms with Gasteiger partial charge in [0.1, 0.15) is 24.4 Å². The van der Waals surface area contributed by atoms with Crippen LogP contribution in [0.15, 0.2) is 48.5 Å².